The van der Waals surface area contributed by atoms with E-state index in [9.17, 15) is 24.0 Å². The van der Waals surface area contributed by atoms with Crippen LogP contribution in [0.4, 0.5) is 9.59 Å². The molecule has 0 aromatic heterocycles. The maximum atomic E-state index is 13.0. The number of piperidine rings is 2. The molecule has 12 nitrogen and oxygen atoms in total. The van der Waals surface area contributed by atoms with Crippen LogP contribution in [-0.4, -0.2) is 90.7 Å². The molecule has 244 valence electrons. The molecule has 1 unspecified atom stereocenters. The van der Waals surface area contributed by atoms with E-state index in [0.717, 1.165) is 24.8 Å². The van der Waals surface area contributed by atoms with E-state index in [2.05, 4.69) is 10.6 Å². The lowest BCUT2D eigenvalue weighted by Gasteiger charge is -2.34. The summed E-state index contributed by atoms with van der Waals surface area (Å²) >= 11 is 0. The second kappa shape index (κ2) is 16.9. The highest BCUT2D eigenvalue weighted by molar-refractivity contribution is 5.84. The molecule has 0 bridgehead atoms. The maximum absolute atomic E-state index is 13.0. The molecule has 2 fully saturated rings. The van der Waals surface area contributed by atoms with Gasteiger partial charge < -0.3 is 34.6 Å². The maximum Gasteiger partial charge on any atom is 0.410 e. The van der Waals surface area contributed by atoms with E-state index in [1.54, 1.807) is 16.7 Å². The highest BCUT2D eigenvalue weighted by Gasteiger charge is 2.31. The van der Waals surface area contributed by atoms with Crippen LogP contribution < -0.4 is 10.6 Å². The molecule has 2 saturated heterocycles. The number of rotatable bonds is 11. The first-order valence-corrected chi connectivity index (χ1v) is 15.6. The SMILES string of the molecule is CCOC(=O)C(CNC(=O)[C@@H]1CCCN(C(=O)CCC2CCN(C(=O)OC(C)(C)C)CC2)C1)NC(=O)OCc1ccccc1. The van der Waals surface area contributed by atoms with Crippen molar-refractivity contribution in [2.24, 2.45) is 11.8 Å². The second-order valence-electron chi connectivity index (χ2n) is 12.4. The van der Waals surface area contributed by atoms with Gasteiger partial charge in [-0.3, -0.25) is 9.59 Å². The number of ether oxygens (including phenoxy) is 3. The third-order valence-electron chi connectivity index (χ3n) is 7.73. The first-order chi connectivity index (χ1) is 20.9. The summed E-state index contributed by atoms with van der Waals surface area (Å²) in [6, 6.07) is 8.01. The van der Waals surface area contributed by atoms with Gasteiger partial charge in [0.25, 0.3) is 0 Å². The van der Waals surface area contributed by atoms with Crippen molar-refractivity contribution in [3.63, 3.8) is 0 Å². The molecule has 2 aliphatic rings. The Morgan fingerprint density at radius 3 is 2.32 bits per heavy atom. The van der Waals surface area contributed by atoms with Crippen molar-refractivity contribution in [2.75, 3.05) is 39.3 Å². The zero-order valence-electron chi connectivity index (χ0n) is 26.5. The Balaban J connectivity index is 1.41. The molecular formula is C32H48N4O8. The van der Waals surface area contributed by atoms with E-state index in [-0.39, 0.29) is 37.7 Å². The van der Waals surface area contributed by atoms with Crippen LogP contribution in [0.15, 0.2) is 30.3 Å². The summed E-state index contributed by atoms with van der Waals surface area (Å²) in [5.41, 5.74) is 0.267. The number of likely N-dealkylation sites (tertiary alicyclic amines) is 2. The lowest BCUT2D eigenvalue weighted by Crippen LogP contribution is -2.52. The average molecular weight is 617 g/mol. The third-order valence-corrected chi connectivity index (χ3v) is 7.73. The monoisotopic (exact) mass is 616 g/mol. The van der Waals surface area contributed by atoms with E-state index >= 15 is 0 Å². The minimum atomic E-state index is -1.12. The summed E-state index contributed by atoms with van der Waals surface area (Å²) in [7, 11) is 0. The first-order valence-electron chi connectivity index (χ1n) is 15.6. The van der Waals surface area contributed by atoms with Gasteiger partial charge in [-0.05, 0) is 71.3 Å². The second-order valence-corrected chi connectivity index (χ2v) is 12.4. The van der Waals surface area contributed by atoms with Crippen LogP contribution >= 0.6 is 0 Å². The van der Waals surface area contributed by atoms with E-state index in [1.807, 2.05) is 51.1 Å². The van der Waals surface area contributed by atoms with Crippen molar-refractivity contribution in [2.45, 2.75) is 84.5 Å². The summed E-state index contributed by atoms with van der Waals surface area (Å²) < 4.78 is 15.7. The molecule has 1 aromatic rings. The lowest BCUT2D eigenvalue weighted by molar-refractivity contribution is -0.145. The number of esters is 1. The molecule has 0 spiro atoms. The predicted molar refractivity (Wildman–Crippen MR) is 162 cm³/mol. The number of carbonyl (C=O) groups excluding carboxylic acids is 5. The zero-order valence-corrected chi connectivity index (χ0v) is 26.5. The highest BCUT2D eigenvalue weighted by Crippen LogP contribution is 2.25. The van der Waals surface area contributed by atoms with Crippen LogP contribution in [0.25, 0.3) is 0 Å². The number of benzene rings is 1. The molecule has 44 heavy (non-hydrogen) atoms. The number of alkyl carbamates (subject to hydrolysis) is 1. The van der Waals surface area contributed by atoms with Crippen molar-refractivity contribution in [1.29, 1.82) is 0 Å². The number of hydrogen-bond acceptors (Lipinski definition) is 8. The largest absolute Gasteiger partial charge is 0.464 e. The molecule has 1 aromatic carbocycles. The fourth-order valence-electron chi connectivity index (χ4n) is 5.32. The van der Waals surface area contributed by atoms with Gasteiger partial charge in [0.05, 0.1) is 12.5 Å². The number of nitrogens with zero attached hydrogens (tertiary/aromatic N) is 2. The fraction of sp³-hybridized carbons (Fsp3) is 0.656. The predicted octanol–water partition coefficient (Wildman–Crippen LogP) is 3.63. The smallest absolute Gasteiger partial charge is 0.410 e. The zero-order chi connectivity index (χ0) is 32.1. The summed E-state index contributed by atoms with van der Waals surface area (Å²) in [5, 5.41) is 5.23. The molecule has 2 heterocycles. The molecule has 0 radical (unpaired) electrons. The number of carbonyl (C=O) groups is 5. The van der Waals surface area contributed by atoms with Gasteiger partial charge in [0.1, 0.15) is 18.2 Å². The van der Waals surface area contributed by atoms with Crippen LogP contribution in [0.3, 0.4) is 0 Å². The van der Waals surface area contributed by atoms with Gasteiger partial charge in [-0.1, -0.05) is 30.3 Å². The summed E-state index contributed by atoms with van der Waals surface area (Å²) in [6.45, 7) is 9.33. The van der Waals surface area contributed by atoms with Gasteiger partial charge in [-0.25, -0.2) is 14.4 Å². The average Bonchev–Trinajstić information content (AvgIpc) is 3.00. The van der Waals surface area contributed by atoms with Crippen molar-refractivity contribution in [1.82, 2.24) is 20.4 Å². The van der Waals surface area contributed by atoms with Gasteiger partial charge in [-0.2, -0.15) is 0 Å². The minimum Gasteiger partial charge on any atom is -0.464 e. The Labute approximate surface area is 260 Å². The summed E-state index contributed by atoms with van der Waals surface area (Å²) in [4.78, 5) is 66.7. The van der Waals surface area contributed by atoms with Crippen molar-refractivity contribution in [3.05, 3.63) is 35.9 Å². The summed E-state index contributed by atoms with van der Waals surface area (Å²) in [6.07, 6.45) is 3.01. The molecule has 2 atom stereocenters. The van der Waals surface area contributed by atoms with E-state index in [4.69, 9.17) is 14.2 Å². The number of hydrogen-bond donors (Lipinski definition) is 2. The van der Waals surface area contributed by atoms with Gasteiger partial charge in [0, 0.05) is 39.1 Å². The van der Waals surface area contributed by atoms with E-state index < -0.39 is 29.6 Å². The van der Waals surface area contributed by atoms with Crippen LogP contribution in [0, 0.1) is 11.8 Å². The molecule has 12 heteroatoms. The summed E-state index contributed by atoms with van der Waals surface area (Å²) in [5.74, 6) is -1.01. The normalized spacial score (nSPS) is 18.1. The Hall–Kier alpha value is -3.83. The van der Waals surface area contributed by atoms with E-state index in [1.165, 1.54) is 0 Å². The lowest BCUT2D eigenvalue weighted by atomic mass is 9.91. The number of amides is 4. The Bertz CT molecular complexity index is 1120. The van der Waals surface area contributed by atoms with Crippen molar-refractivity contribution >= 4 is 30.0 Å². The highest BCUT2D eigenvalue weighted by atomic mass is 16.6. The Morgan fingerprint density at radius 2 is 1.66 bits per heavy atom. The van der Waals surface area contributed by atoms with Crippen LogP contribution in [-0.2, 0) is 35.2 Å². The van der Waals surface area contributed by atoms with Crippen LogP contribution in [0.1, 0.15) is 71.8 Å². The molecule has 2 N–H and O–H groups in total. The number of nitrogens with one attached hydrogen (secondary N) is 2. The minimum absolute atomic E-state index is 0.0179. The molecule has 2 aliphatic heterocycles. The van der Waals surface area contributed by atoms with Crippen molar-refractivity contribution in [3.8, 4) is 0 Å². The first kappa shape index (κ1) is 34.7. The molecule has 4 amide bonds. The van der Waals surface area contributed by atoms with Crippen LogP contribution in [0.5, 0.6) is 0 Å². The van der Waals surface area contributed by atoms with Gasteiger partial charge in [0.15, 0.2) is 0 Å². The quantitative estimate of drug-likeness (QED) is 0.284. The molecule has 0 saturated carbocycles. The Morgan fingerprint density at radius 1 is 0.955 bits per heavy atom. The van der Waals surface area contributed by atoms with E-state index in [0.29, 0.717) is 51.4 Å². The molecular weight excluding hydrogens is 568 g/mol. The van der Waals surface area contributed by atoms with Crippen LogP contribution in [0.2, 0.25) is 0 Å². The third kappa shape index (κ3) is 11.7. The standard InChI is InChI=1S/C32H48N4O8/c1-5-42-29(39)26(34-30(40)43-22-24-10-7-6-8-11-24)20-33-28(38)25-12-9-17-36(21-25)27(37)14-13-23-15-18-35(19-16-23)31(41)44-32(2,3)4/h6-8,10-11,23,25-26H,5,9,12-22H2,1-4H3,(H,33,38)(H,34,40)/t25-,26?/m1/s1. The molecule has 0 aliphatic carbocycles. The fourth-order valence-corrected chi connectivity index (χ4v) is 5.32. The van der Waals surface area contributed by atoms with Crippen molar-refractivity contribution < 1.29 is 38.2 Å². The van der Waals surface area contributed by atoms with Gasteiger partial charge in [-0.15, -0.1) is 0 Å². The van der Waals surface area contributed by atoms with Gasteiger partial charge in [0.2, 0.25) is 11.8 Å². The topological polar surface area (TPSA) is 144 Å². The molecule has 3 rings (SSSR count). The van der Waals surface area contributed by atoms with Gasteiger partial charge >= 0.3 is 18.2 Å². The Kier molecular flexibility index (Phi) is 13.3.